The maximum absolute atomic E-state index is 12.8. The van der Waals surface area contributed by atoms with E-state index in [0.29, 0.717) is 12.5 Å². The molecular formula is C16H21F3IN5O. The van der Waals surface area contributed by atoms with Crippen LogP contribution >= 0.6 is 24.0 Å². The Morgan fingerprint density at radius 1 is 1.31 bits per heavy atom. The third-order valence-corrected chi connectivity index (χ3v) is 3.29. The summed E-state index contributed by atoms with van der Waals surface area (Å²) in [6.45, 7) is 0.883. The van der Waals surface area contributed by atoms with Gasteiger partial charge in [-0.3, -0.25) is 4.99 Å². The fourth-order valence-electron chi connectivity index (χ4n) is 2.11. The van der Waals surface area contributed by atoms with Crippen molar-refractivity contribution < 1.29 is 17.9 Å². The maximum atomic E-state index is 12.8. The number of aromatic nitrogens is 2. The summed E-state index contributed by atoms with van der Waals surface area (Å²) in [6, 6.07) is 4.14. The predicted molar refractivity (Wildman–Crippen MR) is 104 cm³/mol. The molecule has 0 fully saturated rings. The van der Waals surface area contributed by atoms with Crippen LogP contribution in [0.15, 0.2) is 41.8 Å². The van der Waals surface area contributed by atoms with Crippen molar-refractivity contribution in [2.24, 2.45) is 12.0 Å². The van der Waals surface area contributed by atoms with Gasteiger partial charge in [0.15, 0.2) is 5.96 Å². The van der Waals surface area contributed by atoms with E-state index in [9.17, 15) is 13.2 Å². The molecule has 0 atom stereocenters. The number of aliphatic imine (C=N–C) groups is 1. The molecule has 2 heterocycles. The van der Waals surface area contributed by atoms with Crippen molar-refractivity contribution in [3.8, 4) is 5.88 Å². The topological polar surface area (TPSA) is 63.5 Å². The molecule has 2 aromatic rings. The van der Waals surface area contributed by atoms with Crippen molar-refractivity contribution >= 4 is 29.9 Å². The Bertz CT molecular complexity index is 718. The van der Waals surface area contributed by atoms with Crippen LogP contribution in [0.1, 0.15) is 11.1 Å². The normalized spacial score (nSPS) is 11.7. The number of hydrogen-bond donors (Lipinski definition) is 2. The predicted octanol–water partition coefficient (Wildman–Crippen LogP) is 2.80. The van der Waals surface area contributed by atoms with Crippen LogP contribution in [0.2, 0.25) is 0 Å². The second-order valence-corrected chi connectivity index (χ2v) is 5.24. The SMILES string of the molecule is CN=C(NCCOc1ncccc1C(F)(F)F)NCc1ccn(C)c1.I. The molecule has 26 heavy (non-hydrogen) atoms. The Morgan fingerprint density at radius 2 is 2.08 bits per heavy atom. The molecular weight excluding hydrogens is 462 g/mol. The zero-order valence-electron chi connectivity index (χ0n) is 14.4. The van der Waals surface area contributed by atoms with E-state index in [4.69, 9.17) is 4.74 Å². The van der Waals surface area contributed by atoms with Crippen molar-refractivity contribution in [3.05, 3.63) is 47.9 Å². The van der Waals surface area contributed by atoms with E-state index < -0.39 is 17.6 Å². The minimum Gasteiger partial charge on any atom is -0.475 e. The van der Waals surface area contributed by atoms with Crippen molar-refractivity contribution in [1.82, 2.24) is 20.2 Å². The summed E-state index contributed by atoms with van der Waals surface area (Å²) < 4.78 is 45.6. The van der Waals surface area contributed by atoms with Gasteiger partial charge in [0.25, 0.3) is 0 Å². The van der Waals surface area contributed by atoms with E-state index in [-0.39, 0.29) is 37.1 Å². The monoisotopic (exact) mass is 483 g/mol. The average molecular weight is 483 g/mol. The van der Waals surface area contributed by atoms with Crippen molar-refractivity contribution in [3.63, 3.8) is 0 Å². The van der Waals surface area contributed by atoms with Gasteiger partial charge in [-0.25, -0.2) is 4.98 Å². The minimum absolute atomic E-state index is 0. The minimum atomic E-state index is -4.50. The summed E-state index contributed by atoms with van der Waals surface area (Å²) in [6.07, 6.45) is 0.678. The first-order valence-corrected chi connectivity index (χ1v) is 7.60. The van der Waals surface area contributed by atoms with Gasteiger partial charge in [0.1, 0.15) is 12.2 Å². The fraction of sp³-hybridized carbons (Fsp3) is 0.375. The molecule has 0 aliphatic carbocycles. The molecule has 2 aromatic heterocycles. The molecule has 0 amide bonds. The van der Waals surface area contributed by atoms with E-state index in [1.165, 1.54) is 12.3 Å². The van der Waals surface area contributed by atoms with Crippen LogP contribution < -0.4 is 15.4 Å². The lowest BCUT2D eigenvalue weighted by molar-refractivity contribution is -0.139. The smallest absolute Gasteiger partial charge is 0.421 e. The van der Waals surface area contributed by atoms with Crippen LogP contribution in [0, 0.1) is 0 Å². The molecule has 2 N–H and O–H groups in total. The molecule has 6 nitrogen and oxygen atoms in total. The lowest BCUT2D eigenvalue weighted by Crippen LogP contribution is -2.38. The van der Waals surface area contributed by atoms with E-state index >= 15 is 0 Å². The lowest BCUT2D eigenvalue weighted by Gasteiger charge is -2.14. The summed E-state index contributed by atoms with van der Waals surface area (Å²) in [4.78, 5) is 7.69. The summed E-state index contributed by atoms with van der Waals surface area (Å²) in [5, 5.41) is 6.08. The molecule has 2 rings (SSSR count). The fourth-order valence-corrected chi connectivity index (χ4v) is 2.11. The number of ether oxygens (including phenoxy) is 1. The van der Waals surface area contributed by atoms with Gasteiger partial charge in [-0.2, -0.15) is 13.2 Å². The number of halogens is 4. The number of hydrogen-bond acceptors (Lipinski definition) is 3. The Balaban J connectivity index is 0.00000338. The summed E-state index contributed by atoms with van der Waals surface area (Å²) >= 11 is 0. The molecule has 0 saturated carbocycles. The highest BCUT2D eigenvalue weighted by atomic mass is 127. The molecule has 0 aliphatic heterocycles. The molecule has 0 bridgehead atoms. The van der Waals surface area contributed by atoms with Gasteiger partial charge in [0.2, 0.25) is 5.88 Å². The van der Waals surface area contributed by atoms with Crippen molar-refractivity contribution in [2.75, 3.05) is 20.2 Å². The number of rotatable bonds is 6. The second-order valence-electron chi connectivity index (χ2n) is 5.24. The van der Waals surface area contributed by atoms with Crippen molar-refractivity contribution in [2.45, 2.75) is 12.7 Å². The number of nitrogens with one attached hydrogen (secondary N) is 2. The maximum Gasteiger partial charge on any atom is 0.421 e. The molecule has 144 valence electrons. The molecule has 0 spiro atoms. The molecule has 0 radical (unpaired) electrons. The van der Waals surface area contributed by atoms with Gasteiger partial charge in [0.05, 0.1) is 6.54 Å². The van der Waals surface area contributed by atoms with E-state index in [2.05, 4.69) is 20.6 Å². The first kappa shape index (κ1) is 22.1. The molecule has 0 aliphatic rings. The van der Waals surface area contributed by atoms with Crippen LogP contribution in [-0.4, -0.2) is 35.7 Å². The summed E-state index contributed by atoms with van der Waals surface area (Å²) in [7, 11) is 3.54. The first-order chi connectivity index (χ1) is 11.9. The van der Waals surface area contributed by atoms with Crippen molar-refractivity contribution in [1.29, 1.82) is 0 Å². The Kier molecular flexibility index (Phi) is 8.69. The quantitative estimate of drug-likeness (QED) is 0.287. The third kappa shape index (κ3) is 6.73. The zero-order chi connectivity index (χ0) is 18.3. The lowest BCUT2D eigenvalue weighted by atomic mass is 10.2. The van der Waals surface area contributed by atoms with Crippen LogP contribution in [-0.2, 0) is 19.8 Å². The summed E-state index contributed by atoms with van der Waals surface area (Å²) in [5.74, 6) is 0.105. The molecule has 0 aromatic carbocycles. The second kappa shape index (κ2) is 10.2. The highest BCUT2D eigenvalue weighted by Gasteiger charge is 2.34. The molecule has 10 heteroatoms. The Morgan fingerprint density at radius 3 is 2.69 bits per heavy atom. The highest BCUT2D eigenvalue weighted by molar-refractivity contribution is 14.0. The van der Waals surface area contributed by atoms with Crippen LogP contribution in [0.3, 0.4) is 0 Å². The number of aryl methyl sites for hydroxylation is 1. The first-order valence-electron chi connectivity index (χ1n) is 7.60. The van der Waals surface area contributed by atoms with E-state index in [0.717, 1.165) is 11.6 Å². The van der Waals surface area contributed by atoms with Crippen LogP contribution in [0.25, 0.3) is 0 Å². The number of nitrogens with zero attached hydrogens (tertiary/aromatic N) is 3. The summed E-state index contributed by atoms with van der Waals surface area (Å²) in [5.41, 5.74) is 0.201. The Labute approximate surface area is 166 Å². The zero-order valence-corrected chi connectivity index (χ0v) is 16.7. The number of alkyl halides is 3. The van der Waals surface area contributed by atoms with Gasteiger partial charge in [-0.1, -0.05) is 0 Å². The average Bonchev–Trinajstić information content (AvgIpc) is 2.99. The van der Waals surface area contributed by atoms with E-state index in [1.807, 2.05) is 30.1 Å². The van der Waals surface area contributed by atoms with Crippen LogP contribution in [0.5, 0.6) is 5.88 Å². The van der Waals surface area contributed by atoms with Gasteiger partial charge < -0.3 is 19.9 Å². The van der Waals surface area contributed by atoms with Gasteiger partial charge in [-0.05, 0) is 23.8 Å². The van der Waals surface area contributed by atoms with Crippen LogP contribution in [0.4, 0.5) is 13.2 Å². The van der Waals surface area contributed by atoms with Gasteiger partial charge in [0, 0.05) is 39.2 Å². The largest absolute Gasteiger partial charge is 0.475 e. The standard InChI is InChI=1S/C16H20F3N5O.HI/c1-20-15(23-10-12-5-8-24(2)11-12)22-7-9-25-14-13(16(17,18)19)4-3-6-21-14;/h3-6,8,11H,7,9-10H2,1-2H3,(H2,20,22,23);1H. The number of pyridine rings is 1. The van der Waals surface area contributed by atoms with Gasteiger partial charge in [-0.15, -0.1) is 24.0 Å². The third-order valence-electron chi connectivity index (χ3n) is 3.29. The molecule has 0 unspecified atom stereocenters. The number of guanidine groups is 1. The highest BCUT2D eigenvalue weighted by Crippen LogP contribution is 2.34. The molecule has 0 saturated heterocycles. The Hall–Kier alpha value is -1.98. The van der Waals surface area contributed by atoms with Gasteiger partial charge >= 0.3 is 6.18 Å². The van der Waals surface area contributed by atoms with E-state index in [1.54, 1.807) is 7.05 Å².